The van der Waals surface area contributed by atoms with E-state index in [1.807, 2.05) is 24.3 Å². The maximum Gasteiger partial charge on any atom is 0.342 e. The zero-order valence-corrected chi connectivity index (χ0v) is 14.9. The van der Waals surface area contributed by atoms with Crippen LogP contribution in [0.25, 0.3) is 21.7 Å². The highest BCUT2D eigenvalue weighted by molar-refractivity contribution is 6.16. The van der Waals surface area contributed by atoms with Gasteiger partial charge in [-0.3, -0.25) is 4.90 Å². The van der Waals surface area contributed by atoms with Crippen molar-refractivity contribution in [3.8, 4) is 5.75 Å². The van der Waals surface area contributed by atoms with Crippen molar-refractivity contribution < 1.29 is 28.7 Å². The van der Waals surface area contributed by atoms with Gasteiger partial charge in [0.2, 0.25) is 6.73 Å². The van der Waals surface area contributed by atoms with Crippen molar-refractivity contribution in [2.24, 2.45) is 0 Å². The molecule has 1 aromatic heterocycles. The van der Waals surface area contributed by atoms with Gasteiger partial charge in [0, 0.05) is 16.2 Å². The second kappa shape index (κ2) is 6.63. The SMILES string of the molecule is CCOC(=O)c1c(C)oc2c1c1c(c3ccccc32)OC[NH+](CCO)C1. The molecule has 0 aliphatic carbocycles. The van der Waals surface area contributed by atoms with Crippen LogP contribution >= 0.6 is 0 Å². The maximum absolute atomic E-state index is 12.6. The van der Waals surface area contributed by atoms with Gasteiger partial charge in [-0.2, -0.15) is 0 Å². The molecule has 6 nitrogen and oxygen atoms in total. The van der Waals surface area contributed by atoms with Crippen LogP contribution in [0.2, 0.25) is 0 Å². The number of nitrogens with one attached hydrogen (secondary N) is 1. The van der Waals surface area contributed by atoms with Gasteiger partial charge >= 0.3 is 5.97 Å². The number of furan rings is 1. The van der Waals surface area contributed by atoms with Gasteiger partial charge in [-0.05, 0) is 13.8 Å². The molecular weight excluding hydrogens is 334 g/mol. The van der Waals surface area contributed by atoms with E-state index < -0.39 is 0 Å². The number of hydrogen-bond donors (Lipinski definition) is 2. The van der Waals surface area contributed by atoms with Crippen molar-refractivity contribution in [3.05, 3.63) is 41.2 Å². The Morgan fingerprint density at radius 3 is 2.81 bits per heavy atom. The van der Waals surface area contributed by atoms with Crippen LogP contribution < -0.4 is 9.64 Å². The first-order valence-corrected chi connectivity index (χ1v) is 8.86. The number of hydrogen-bond acceptors (Lipinski definition) is 5. The predicted octanol–water partition coefficient (Wildman–Crippen LogP) is 1.80. The first-order chi connectivity index (χ1) is 12.7. The van der Waals surface area contributed by atoms with E-state index >= 15 is 0 Å². The summed E-state index contributed by atoms with van der Waals surface area (Å²) in [4.78, 5) is 13.7. The molecule has 0 saturated carbocycles. The number of carbonyl (C=O) groups is 1. The molecule has 0 amide bonds. The second-order valence-corrected chi connectivity index (χ2v) is 6.50. The summed E-state index contributed by atoms with van der Waals surface area (Å²) >= 11 is 0. The standard InChI is InChI=1S/C20H21NO5/c1-3-24-20(23)16-12(2)26-19-14-7-5-4-6-13(14)18-15(17(16)19)10-21(8-9-22)11-25-18/h4-7,22H,3,8-11H2,1-2H3/p+1. The normalized spacial score (nSPS) is 16.5. The van der Waals surface area contributed by atoms with Crippen molar-refractivity contribution in [1.29, 1.82) is 0 Å². The number of ether oxygens (including phenoxy) is 2. The lowest BCUT2D eigenvalue weighted by molar-refractivity contribution is -0.932. The number of aryl methyl sites for hydroxylation is 1. The summed E-state index contributed by atoms with van der Waals surface area (Å²) in [5.74, 6) is 0.961. The molecule has 0 bridgehead atoms. The number of rotatable bonds is 4. The molecule has 1 unspecified atom stereocenters. The number of carbonyl (C=O) groups excluding carboxylic acids is 1. The Balaban J connectivity index is 2.05. The van der Waals surface area contributed by atoms with Crippen molar-refractivity contribution in [2.75, 3.05) is 26.5 Å². The van der Waals surface area contributed by atoms with Crippen LogP contribution in [0.15, 0.2) is 28.7 Å². The molecular formula is C20H22NO5+. The van der Waals surface area contributed by atoms with Crippen LogP contribution in [-0.2, 0) is 11.3 Å². The van der Waals surface area contributed by atoms with Gasteiger partial charge in [0.1, 0.15) is 35.7 Å². The molecule has 3 aromatic rings. The lowest BCUT2D eigenvalue weighted by atomic mass is 9.96. The molecule has 2 aromatic carbocycles. The summed E-state index contributed by atoms with van der Waals surface area (Å²) in [7, 11) is 0. The van der Waals surface area contributed by atoms with Crippen LogP contribution in [0, 0.1) is 6.92 Å². The smallest absolute Gasteiger partial charge is 0.342 e. The van der Waals surface area contributed by atoms with E-state index in [9.17, 15) is 9.90 Å². The third kappa shape index (κ3) is 2.53. The fourth-order valence-corrected chi connectivity index (χ4v) is 3.75. The second-order valence-electron chi connectivity index (χ2n) is 6.50. The largest absolute Gasteiger partial charge is 0.462 e. The Bertz CT molecular complexity index is 991. The van der Waals surface area contributed by atoms with Crippen LogP contribution in [0.4, 0.5) is 0 Å². The van der Waals surface area contributed by atoms with Gasteiger partial charge in [0.15, 0.2) is 0 Å². The molecule has 1 atom stereocenters. The van der Waals surface area contributed by atoms with Crippen molar-refractivity contribution in [2.45, 2.75) is 20.4 Å². The van der Waals surface area contributed by atoms with E-state index in [-0.39, 0.29) is 12.6 Å². The third-order valence-corrected chi connectivity index (χ3v) is 4.87. The quantitative estimate of drug-likeness (QED) is 0.698. The summed E-state index contributed by atoms with van der Waals surface area (Å²) in [5, 5.41) is 12.0. The predicted molar refractivity (Wildman–Crippen MR) is 96.5 cm³/mol. The monoisotopic (exact) mass is 356 g/mol. The Hall–Kier alpha value is -2.57. The lowest BCUT2D eigenvalue weighted by Crippen LogP contribution is -3.12. The van der Waals surface area contributed by atoms with Gasteiger partial charge in [0.25, 0.3) is 0 Å². The lowest BCUT2D eigenvalue weighted by Gasteiger charge is -2.27. The van der Waals surface area contributed by atoms with Gasteiger partial charge in [-0.25, -0.2) is 4.79 Å². The molecule has 2 N–H and O–H groups in total. The average molecular weight is 356 g/mol. The minimum absolute atomic E-state index is 0.0832. The van der Waals surface area contributed by atoms with E-state index in [1.54, 1.807) is 13.8 Å². The van der Waals surface area contributed by atoms with Crippen molar-refractivity contribution in [1.82, 2.24) is 0 Å². The number of esters is 1. The number of quaternary nitrogens is 1. The Labute approximate surface area is 150 Å². The minimum atomic E-state index is -0.379. The Morgan fingerprint density at radius 2 is 2.08 bits per heavy atom. The topological polar surface area (TPSA) is 73.3 Å². The van der Waals surface area contributed by atoms with Crippen LogP contribution in [0.3, 0.4) is 0 Å². The minimum Gasteiger partial charge on any atom is -0.462 e. The van der Waals surface area contributed by atoms with Crippen LogP contribution in [0.5, 0.6) is 5.75 Å². The molecule has 0 spiro atoms. The summed E-state index contributed by atoms with van der Waals surface area (Å²) in [6.07, 6.45) is 0. The highest BCUT2D eigenvalue weighted by Crippen LogP contribution is 2.42. The highest BCUT2D eigenvalue weighted by Gasteiger charge is 2.31. The van der Waals surface area contributed by atoms with E-state index in [2.05, 4.69) is 0 Å². The maximum atomic E-state index is 12.6. The summed E-state index contributed by atoms with van der Waals surface area (Å²) in [6.45, 7) is 5.68. The Morgan fingerprint density at radius 1 is 1.31 bits per heavy atom. The van der Waals surface area contributed by atoms with Crippen molar-refractivity contribution >= 4 is 27.7 Å². The molecule has 2 heterocycles. The van der Waals surface area contributed by atoms with Crippen LogP contribution in [0.1, 0.15) is 28.6 Å². The first kappa shape index (κ1) is 16.9. The highest BCUT2D eigenvalue weighted by atomic mass is 16.5. The summed E-state index contributed by atoms with van der Waals surface area (Å²) < 4.78 is 17.4. The molecule has 6 heteroatoms. The van der Waals surface area contributed by atoms with E-state index in [0.717, 1.165) is 32.4 Å². The van der Waals surface area contributed by atoms with Gasteiger partial charge in [0.05, 0.1) is 18.8 Å². The molecule has 1 aliphatic heterocycles. The molecule has 0 saturated heterocycles. The summed E-state index contributed by atoms with van der Waals surface area (Å²) in [5.41, 5.74) is 2.10. The number of aliphatic hydroxyl groups is 1. The van der Waals surface area contributed by atoms with Gasteiger partial charge < -0.3 is 19.0 Å². The molecule has 136 valence electrons. The zero-order valence-electron chi connectivity index (χ0n) is 14.9. The molecule has 26 heavy (non-hydrogen) atoms. The average Bonchev–Trinajstić information content (AvgIpc) is 3.00. The molecule has 4 rings (SSSR count). The fourth-order valence-electron chi connectivity index (χ4n) is 3.75. The number of benzene rings is 2. The third-order valence-electron chi connectivity index (χ3n) is 4.87. The van der Waals surface area contributed by atoms with Crippen LogP contribution in [-0.4, -0.2) is 37.6 Å². The number of aliphatic hydroxyl groups excluding tert-OH is 1. The summed E-state index contributed by atoms with van der Waals surface area (Å²) in [6, 6.07) is 7.90. The molecule has 0 fully saturated rings. The molecule has 0 radical (unpaired) electrons. The van der Waals surface area contributed by atoms with Gasteiger partial charge in [-0.15, -0.1) is 0 Å². The van der Waals surface area contributed by atoms with Gasteiger partial charge in [-0.1, -0.05) is 24.3 Å². The Kier molecular flexibility index (Phi) is 4.30. The fraction of sp³-hybridized carbons (Fsp3) is 0.350. The van der Waals surface area contributed by atoms with E-state index in [4.69, 9.17) is 13.9 Å². The first-order valence-electron chi connectivity index (χ1n) is 8.86. The number of fused-ring (bicyclic) bond motifs is 6. The molecule has 1 aliphatic rings. The van der Waals surface area contributed by atoms with E-state index in [1.165, 1.54) is 0 Å². The van der Waals surface area contributed by atoms with E-state index in [0.29, 0.717) is 43.3 Å². The zero-order chi connectivity index (χ0) is 18.3. The van der Waals surface area contributed by atoms with Crippen molar-refractivity contribution in [3.63, 3.8) is 0 Å².